The molecule has 0 aliphatic carbocycles. The maximum Gasteiger partial charge on any atom is 0.315 e. The third kappa shape index (κ3) is 1.40. The Morgan fingerprint density at radius 1 is 1.29 bits per heavy atom. The monoisotopic (exact) mass is 234 g/mol. The highest BCUT2D eigenvalue weighted by molar-refractivity contribution is 5.75. The Kier molecular flexibility index (Phi) is 1.97. The Balaban J connectivity index is 2.21. The summed E-state index contributed by atoms with van der Waals surface area (Å²) in [6, 6.07) is 2.90. The van der Waals surface area contributed by atoms with Crippen LogP contribution in [0.2, 0.25) is 0 Å². The molecule has 1 aromatic heterocycles. The SMILES string of the molecule is O=[N+]([O-])c1ccc(-c2cnco2)c2c1OCO2. The van der Waals surface area contributed by atoms with Gasteiger partial charge in [-0.05, 0) is 6.07 Å². The molecular weight excluding hydrogens is 228 g/mol. The Hall–Kier alpha value is -2.57. The first-order valence-electron chi connectivity index (χ1n) is 4.73. The van der Waals surface area contributed by atoms with Crippen LogP contribution in [0.5, 0.6) is 11.5 Å². The average Bonchev–Trinajstić information content (AvgIpc) is 2.98. The normalized spacial score (nSPS) is 12.7. The van der Waals surface area contributed by atoms with Crippen LogP contribution in [0.15, 0.2) is 29.1 Å². The summed E-state index contributed by atoms with van der Waals surface area (Å²) in [6.45, 7) is -0.0404. The quantitative estimate of drug-likeness (QED) is 0.583. The van der Waals surface area contributed by atoms with E-state index in [1.165, 1.54) is 18.7 Å². The van der Waals surface area contributed by atoms with Crippen molar-refractivity contribution in [2.75, 3.05) is 6.79 Å². The zero-order valence-electron chi connectivity index (χ0n) is 8.45. The van der Waals surface area contributed by atoms with E-state index in [9.17, 15) is 10.1 Å². The van der Waals surface area contributed by atoms with Gasteiger partial charge in [0.2, 0.25) is 12.5 Å². The fraction of sp³-hybridized carbons (Fsp3) is 0.100. The van der Waals surface area contributed by atoms with Crippen molar-refractivity contribution in [3.8, 4) is 22.8 Å². The molecule has 0 saturated carbocycles. The van der Waals surface area contributed by atoms with Crippen molar-refractivity contribution in [1.29, 1.82) is 0 Å². The van der Waals surface area contributed by atoms with Crippen LogP contribution >= 0.6 is 0 Å². The topological polar surface area (TPSA) is 87.6 Å². The summed E-state index contributed by atoms with van der Waals surface area (Å²) >= 11 is 0. The number of ether oxygens (including phenoxy) is 2. The fourth-order valence-corrected chi connectivity index (χ4v) is 1.67. The van der Waals surface area contributed by atoms with Crippen molar-refractivity contribution in [3.63, 3.8) is 0 Å². The maximum atomic E-state index is 10.8. The lowest BCUT2D eigenvalue weighted by Crippen LogP contribution is -1.94. The highest BCUT2D eigenvalue weighted by atomic mass is 16.7. The van der Waals surface area contributed by atoms with E-state index in [4.69, 9.17) is 13.9 Å². The van der Waals surface area contributed by atoms with E-state index in [1.54, 1.807) is 6.07 Å². The van der Waals surface area contributed by atoms with Gasteiger partial charge in [-0.25, -0.2) is 4.98 Å². The van der Waals surface area contributed by atoms with E-state index >= 15 is 0 Å². The second-order valence-corrected chi connectivity index (χ2v) is 3.32. The Labute approximate surface area is 94.7 Å². The van der Waals surface area contributed by atoms with Gasteiger partial charge in [0, 0.05) is 6.07 Å². The lowest BCUT2D eigenvalue weighted by molar-refractivity contribution is -0.385. The minimum absolute atomic E-state index is 0.0404. The fourth-order valence-electron chi connectivity index (χ4n) is 1.67. The molecule has 0 radical (unpaired) electrons. The number of hydrogen-bond acceptors (Lipinski definition) is 6. The summed E-state index contributed by atoms with van der Waals surface area (Å²) in [4.78, 5) is 14.1. The first kappa shape index (κ1) is 9.64. The summed E-state index contributed by atoms with van der Waals surface area (Å²) in [6.07, 6.45) is 2.78. The third-order valence-electron chi connectivity index (χ3n) is 2.39. The van der Waals surface area contributed by atoms with Crippen LogP contribution in [-0.2, 0) is 0 Å². The van der Waals surface area contributed by atoms with E-state index in [0.29, 0.717) is 17.1 Å². The largest absolute Gasteiger partial charge is 0.453 e. The zero-order valence-corrected chi connectivity index (χ0v) is 8.45. The van der Waals surface area contributed by atoms with Crippen LogP contribution in [0.4, 0.5) is 5.69 Å². The van der Waals surface area contributed by atoms with Gasteiger partial charge in [0.25, 0.3) is 0 Å². The van der Waals surface area contributed by atoms with Crippen LogP contribution in [-0.4, -0.2) is 16.7 Å². The smallest absolute Gasteiger partial charge is 0.315 e. The van der Waals surface area contributed by atoms with Gasteiger partial charge in [-0.3, -0.25) is 10.1 Å². The van der Waals surface area contributed by atoms with Crippen LogP contribution in [0.25, 0.3) is 11.3 Å². The number of aromatic nitrogens is 1. The minimum atomic E-state index is -0.516. The van der Waals surface area contributed by atoms with Gasteiger partial charge >= 0.3 is 5.69 Å². The molecule has 0 unspecified atom stereocenters. The zero-order chi connectivity index (χ0) is 11.8. The van der Waals surface area contributed by atoms with Gasteiger partial charge in [-0.15, -0.1) is 0 Å². The molecule has 86 valence electrons. The molecule has 0 spiro atoms. The van der Waals surface area contributed by atoms with Crippen molar-refractivity contribution in [2.24, 2.45) is 0 Å². The first-order valence-corrected chi connectivity index (χ1v) is 4.73. The summed E-state index contributed by atoms with van der Waals surface area (Å²) < 4.78 is 15.5. The number of nitro benzene ring substituents is 1. The Morgan fingerprint density at radius 3 is 2.82 bits per heavy atom. The second-order valence-electron chi connectivity index (χ2n) is 3.32. The van der Waals surface area contributed by atoms with Crippen LogP contribution < -0.4 is 9.47 Å². The van der Waals surface area contributed by atoms with Gasteiger partial charge in [0.05, 0.1) is 16.7 Å². The third-order valence-corrected chi connectivity index (χ3v) is 2.39. The van der Waals surface area contributed by atoms with E-state index in [-0.39, 0.29) is 18.2 Å². The minimum Gasteiger partial charge on any atom is -0.453 e. The molecule has 2 heterocycles. The standard InChI is InChI=1S/C10H6N2O5/c13-12(14)7-2-1-6(8-3-11-4-15-8)9-10(7)17-5-16-9/h1-4H,5H2. The van der Waals surface area contributed by atoms with E-state index in [2.05, 4.69) is 4.98 Å². The molecule has 7 nitrogen and oxygen atoms in total. The highest BCUT2D eigenvalue weighted by Gasteiger charge is 2.29. The van der Waals surface area contributed by atoms with Crippen molar-refractivity contribution in [1.82, 2.24) is 4.98 Å². The molecule has 2 aromatic rings. The molecular formula is C10H6N2O5. The maximum absolute atomic E-state index is 10.8. The molecule has 0 N–H and O–H groups in total. The molecule has 1 aromatic carbocycles. The van der Waals surface area contributed by atoms with Crippen LogP contribution in [0, 0.1) is 10.1 Å². The molecule has 1 aliphatic rings. The number of nitro groups is 1. The van der Waals surface area contributed by atoms with Crippen LogP contribution in [0.1, 0.15) is 0 Å². The van der Waals surface area contributed by atoms with Gasteiger partial charge < -0.3 is 13.9 Å². The van der Waals surface area contributed by atoms with Crippen molar-refractivity contribution in [3.05, 3.63) is 34.8 Å². The predicted octanol–water partition coefficient (Wildman–Crippen LogP) is 1.98. The number of benzene rings is 1. The molecule has 0 saturated heterocycles. The van der Waals surface area contributed by atoms with E-state index < -0.39 is 4.92 Å². The molecule has 0 atom stereocenters. The van der Waals surface area contributed by atoms with Gasteiger partial charge in [0.1, 0.15) is 0 Å². The van der Waals surface area contributed by atoms with Gasteiger partial charge in [0.15, 0.2) is 17.9 Å². The van der Waals surface area contributed by atoms with E-state index in [0.717, 1.165) is 0 Å². The average molecular weight is 234 g/mol. The summed E-state index contributed by atoms with van der Waals surface area (Å²) in [5.74, 6) is 0.918. The van der Waals surface area contributed by atoms with Crippen molar-refractivity contribution < 1.29 is 18.8 Å². The molecule has 0 bridgehead atoms. The predicted molar refractivity (Wildman–Crippen MR) is 54.7 cm³/mol. The Morgan fingerprint density at radius 2 is 2.12 bits per heavy atom. The lowest BCUT2D eigenvalue weighted by atomic mass is 10.1. The van der Waals surface area contributed by atoms with E-state index in [1.807, 2.05) is 0 Å². The molecule has 17 heavy (non-hydrogen) atoms. The van der Waals surface area contributed by atoms with Gasteiger partial charge in [-0.1, -0.05) is 0 Å². The summed E-state index contributed by atoms with van der Waals surface area (Å²) in [5, 5.41) is 10.8. The lowest BCUT2D eigenvalue weighted by Gasteiger charge is -2.02. The van der Waals surface area contributed by atoms with Crippen molar-refractivity contribution >= 4 is 5.69 Å². The number of nitrogens with zero attached hydrogens (tertiary/aromatic N) is 2. The molecule has 3 rings (SSSR count). The number of rotatable bonds is 2. The highest BCUT2D eigenvalue weighted by Crippen LogP contribution is 2.46. The molecule has 0 amide bonds. The van der Waals surface area contributed by atoms with Crippen LogP contribution in [0.3, 0.4) is 0 Å². The van der Waals surface area contributed by atoms with Crippen molar-refractivity contribution in [2.45, 2.75) is 0 Å². The Bertz CT molecular complexity index is 579. The number of hydrogen-bond donors (Lipinski definition) is 0. The number of oxazole rings is 1. The summed E-state index contributed by atoms with van der Waals surface area (Å²) in [5.41, 5.74) is 0.460. The molecule has 1 aliphatic heterocycles. The molecule has 0 fully saturated rings. The second kappa shape index (κ2) is 3.48. The number of fused-ring (bicyclic) bond motifs is 1. The first-order chi connectivity index (χ1) is 8.27. The van der Waals surface area contributed by atoms with Gasteiger partial charge in [-0.2, -0.15) is 0 Å². The summed E-state index contributed by atoms with van der Waals surface area (Å²) in [7, 11) is 0. The molecule has 7 heteroatoms.